The number of nitriles is 1. The van der Waals surface area contributed by atoms with Gasteiger partial charge in [0.2, 0.25) is 5.69 Å². The summed E-state index contributed by atoms with van der Waals surface area (Å²) < 4.78 is 0.686. The quantitative estimate of drug-likeness (QED) is 0.690. The van der Waals surface area contributed by atoms with Crippen LogP contribution in [0.15, 0.2) is 24.3 Å². The van der Waals surface area contributed by atoms with E-state index in [0.29, 0.717) is 16.7 Å². The van der Waals surface area contributed by atoms with E-state index in [4.69, 9.17) is 16.9 Å². The third kappa shape index (κ3) is 3.19. The standard InChI is InChI=1S/C11H7ClN4O2S/c12-10-3-1-7(19-10)6-14-11-4-2-9(16(17)18)8(5-13)15-11/h1-4H,6H2,(H,14,15). The lowest BCUT2D eigenvalue weighted by molar-refractivity contribution is -0.385. The average Bonchev–Trinajstić information content (AvgIpc) is 2.81. The molecule has 0 atom stereocenters. The molecule has 2 rings (SSSR count). The van der Waals surface area contributed by atoms with E-state index in [-0.39, 0.29) is 11.4 Å². The lowest BCUT2D eigenvalue weighted by Crippen LogP contribution is -2.02. The number of halogens is 1. The zero-order valence-electron chi connectivity index (χ0n) is 9.46. The summed E-state index contributed by atoms with van der Waals surface area (Å²) in [5.41, 5.74) is -0.508. The van der Waals surface area contributed by atoms with E-state index in [1.165, 1.54) is 23.5 Å². The molecule has 0 aliphatic carbocycles. The number of nitrogens with one attached hydrogen (secondary N) is 1. The Kier molecular flexibility index (Phi) is 3.94. The second-order valence-electron chi connectivity index (χ2n) is 3.49. The molecule has 0 aromatic carbocycles. The molecular weight excluding hydrogens is 288 g/mol. The van der Waals surface area contributed by atoms with Gasteiger partial charge in [-0.25, -0.2) is 4.98 Å². The lowest BCUT2D eigenvalue weighted by atomic mass is 10.3. The lowest BCUT2D eigenvalue weighted by Gasteiger charge is -2.04. The van der Waals surface area contributed by atoms with Gasteiger partial charge < -0.3 is 5.32 Å². The summed E-state index contributed by atoms with van der Waals surface area (Å²) in [5, 5.41) is 22.5. The van der Waals surface area contributed by atoms with Crippen molar-refractivity contribution in [1.82, 2.24) is 4.98 Å². The minimum Gasteiger partial charge on any atom is -0.365 e. The van der Waals surface area contributed by atoms with E-state index in [1.807, 2.05) is 6.07 Å². The number of anilines is 1. The highest BCUT2D eigenvalue weighted by atomic mass is 35.5. The van der Waals surface area contributed by atoms with Crippen LogP contribution in [0.4, 0.5) is 11.5 Å². The van der Waals surface area contributed by atoms with Crippen LogP contribution in [0.2, 0.25) is 4.34 Å². The number of nitrogens with zero attached hydrogens (tertiary/aromatic N) is 3. The van der Waals surface area contributed by atoms with Crippen LogP contribution in [0.25, 0.3) is 0 Å². The van der Waals surface area contributed by atoms with Crippen molar-refractivity contribution in [3.63, 3.8) is 0 Å². The van der Waals surface area contributed by atoms with Gasteiger partial charge in [-0.15, -0.1) is 11.3 Å². The molecule has 0 unspecified atom stereocenters. The van der Waals surface area contributed by atoms with Crippen molar-refractivity contribution in [2.24, 2.45) is 0 Å². The SMILES string of the molecule is N#Cc1nc(NCc2ccc(Cl)s2)ccc1[N+](=O)[O-]. The Morgan fingerprint density at radius 3 is 2.84 bits per heavy atom. The predicted molar refractivity (Wildman–Crippen MR) is 72.3 cm³/mol. The molecule has 96 valence electrons. The monoisotopic (exact) mass is 294 g/mol. The van der Waals surface area contributed by atoms with Gasteiger partial charge in [-0.05, 0) is 18.2 Å². The van der Waals surface area contributed by atoms with Crippen molar-refractivity contribution in [1.29, 1.82) is 5.26 Å². The van der Waals surface area contributed by atoms with Crippen molar-refractivity contribution in [3.05, 3.63) is 49.3 Å². The molecule has 0 amide bonds. The molecule has 8 heteroatoms. The summed E-state index contributed by atoms with van der Waals surface area (Å²) in [6, 6.07) is 8.09. The minimum atomic E-state index is -0.631. The van der Waals surface area contributed by atoms with E-state index < -0.39 is 4.92 Å². The third-order valence-corrected chi connectivity index (χ3v) is 3.48. The Morgan fingerprint density at radius 2 is 2.26 bits per heavy atom. The van der Waals surface area contributed by atoms with Gasteiger partial charge in [0.15, 0.2) is 0 Å². The molecule has 2 aromatic rings. The first-order valence-electron chi connectivity index (χ1n) is 5.14. The topological polar surface area (TPSA) is 91.8 Å². The third-order valence-electron chi connectivity index (χ3n) is 2.25. The van der Waals surface area contributed by atoms with Crippen molar-refractivity contribution >= 4 is 34.4 Å². The first-order valence-corrected chi connectivity index (χ1v) is 6.33. The minimum absolute atomic E-state index is 0.209. The van der Waals surface area contributed by atoms with E-state index in [2.05, 4.69) is 10.3 Å². The second-order valence-corrected chi connectivity index (χ2v) is 5.29. The molecular formula is C11H7ClN4O2S. The van der Waals surface area contributed by atoms with Crippen molar-refractivity contribution in [2.75, 3.05) is 5.32 Å². The molecule has 0 fully saturated rings. The molecule has 1 N–H and O–H groups in total. The van der Waals surface area contributed by atoms with E-state index in [1.54, 1.807) is 12.1 Å². The summed E-state index contributed by atoms with van der Waals surface area (Å²) >= 11 is 7.23. The first kappa shape index (κ1) is 13.3. The molecule has 0 bridgehead atoms. The highest BCUT2D eigenvalue weighted by Gasteiger charge is 2.15. The van der Waals surface area contributed by atoms with E-state index >= 15 is 0 Å². The maximum atomic E-state index is 10.7. The number of aromatic nitrogens is 1. The van der Waals surface area contributed by atoms with Gasteiger partial charge in [-0.3, -0.25) is 10.1 Å². The van der Waals surface area contributed by atoms with Crippen LogP contribution in [0.5, 0.6) is 0 Å². The van der Waals surface area contributed by atoms with Gasteiger partial charge in [-0.2, -0.15) is 5.26 Å². The van der Waals surface area contributed by atoms with Crippen molar-refractivity contribution < 1.29 is 4.92 Å². The van der Waals surface area contributed by atoms with Crippen LogP contribution in [-0.2, 0) is 6.54 Å². The van der Waals surface area contributed by atoms with Crippen LogP contribution < -0.4 is 5.32 Å². The molecule has 0 spiro atoms. The number of pyridine rings is 1. The second kappa shape index (κ2) is 5.65. The molecule has 0 radical (unpaired) electrons. The largest absolute Gasteiger partial charge is 0.365 e. The number of thiophene rings is 1. The van der Waals surface area contributed by atoms with Crippen LogP contribution in [0.1, 0.15) is 10.6 Å². The van der Waals surface area contributed by atoms with E-state index in [0.717, 1.165) is 4.88 Å². The number of nitro groups is 1. The number of hydrogen-bond donors (Lipinski definition) is 1. The van der Waals surface area contributed by atoms with E-state index in [9.17, 15) is 10.1 Å². The maximum Gasteiger partial charge on any atom is 0.305 e. The van der Waals surface area contributed by atoms with Gasteiger partial charge in [0, 0.05) is 10.9 Å². The Hall–Kier alpha value is -2.17. The first-order chi connectivity index (χ1) is 9.10. The fraction of sp³-hybridized carbons (Fsp3) is 0.0909. The fourth-order valence-corrected chi connectivity index (χ4v) is 2.43. The van der Waals surface area contributed by atoms with Crippen LogP contribution in [0, 0.1) is 21.4 Å². The van der Waals surface area contributed by atoms with Gasteiger partial charge in [-0.1, -0.05) is 11.6 Å². The average molecular weight is 295 g/mol. The summed E-state index contributed by atoms with van der Waals surface area (Å²) in [6.45, 7) is 0.493. The Bertz CT molecular complexity index is 665. The van der Waals surface area contributed by atoms with Gasteiger partial charge >= 0.3 is 5.69 Å². The highest BCUT2D eigenvalue weighted by molar-refractivity contribution is 7.16. The predicted octanol–water partition coefficient (Wildman–Crippen LogP) is 3.19. The number of rotatable bonds is 4. The Labute approximate surface area is 117 Å². The van der Waals surface area contributed by atoms with Crippen LogP contribution in [0.3, 0.4) is 0 Å². The molecule has 2 aromatic heterocycles. The summed E-state index contributed by atoms with van der Waals surface area (Å²) in [5.74, 6) is 0.409. The summed E-state index contributed by atoms with van der Waals surface area (Å²) in [4.78, 5) is 14.9. The van der Waals surface area contributed by atoms with Gasteiger partial charge in [0.1, 0.15) is 11.9 Å². The van der Waals surface area contributed by atoms with Crippen molar-refractivity contribution in [3.8, 4) is 6.07 Å². The maximum absolute atomic E-state index is 10.7. The fourth-order valence-electron chi connectivity index (χ4n) is 1.40. The van der Waals surface area contributed by atoms with Gasteiger partial charge in [0.25, 0.3) is 0 Å². The molecule has 0 aliphatic heterocycles. The molecule has 19 heavy (non-hydrogen) atoms. The van der Waals surface area contributed by atoms with Crippen LogP contribution in [-0.4, -0.2) is 9.91 Å². The zero-order valence-corrected chi connectivity index (χ0v) is 11.0. The van der Waals surface area contributed by atoms with Crippen LogP contribution >= 0.6 is 22.9 Å². The molecule has 0 aliphatic rings. The molecule has 6 nitrogen and oxygen atoms in total. The number of hydrogen-bond acceptors (Lipinski definition) is 6. The van der Waals surface area contributed by atoms with Gasteiger partial charge in [0.05, 0.1) is 15.8 Å². The summed E-state index contributed by atoms with van der Waals surface area (Å²) in [6.07, 6.45) is 0. The molecule has 0 saturated carbocycles. The van der Waals surface area contributed by atoms with Crippen molar-refractivity contribution in [2.45, 2.75) is 6.54 Å². The smallest absolute Gasteiger partial charge is 0.305 e. The Balaban J connectivity index is 2.14. The summed E-state index contributed by atoms with van der Waals surface area (Å²) in [7, 11) is 0. The molecule has 0 saturated heterocycles. The highest BCUT2D eigenvalue weighted by Crippen LogP contribution is 2.23. The normalized spacial score (nSPS) is 9.89. The zero-order chi connectivity index (χ0) is 13.8. The Morgan fingerprint density at radius 1 is 1.47 bits per heavy atom. The molecule has 2 heterocycles.